The Balaban J connectivity index is 1.58. The number of H-pyrrole nitrogens is 1. The number of aromatic amines is 1. The van der Waals surface area contributed by atoms with Crippen molar-refractivity contribution >= 4 is 16.9 Å². The normalized spacial score (nSPS) is 21.9. The largest absolute Gasteiger partial charge is 0.388 e. The summed E-state index contributed by atoms with van der Waals surface area (Å²) in [6.45, 7) is 1.14. The quantitative estimate of drug-likeness (QED) is 0.791. The van der Waals surface area contributed by atoms with E-state index in [0.29, 0.717) is 19.6 Å². The first-order valence-corrected chi connectivity index (χ1v) is 6.97. The van der Waals surface area contributed by atoms with Crippen LogP contribution in [0.25, 0.3) is 10.9 Å². The van der Waals surface area contributed by atoms with Gasteiger partial charge in [-0.25, -0.2) is 4.79 Å². The van der Waals surface area contributed by atoms with Crippen LogP contribution < -0.4 is 5.32 Å². The van der Waals surface area contributed by atoms with Crippen molar-refractivity contribution in [1.29, 1.82) is 0 Å². The molecule has 1 fully saturated rings. The van der Waals surface area contributed by atoms with Crippen LogP contribution in [0.4, 0.5) is 4.79 Å². The number of carbonyl (C=O) groups excluding carboxylic acids is 1. The summed E-state index contributed by atoms with van der Waals surface area (Å²) < 4.78 is 5.13. The Morgan fingerprint density at radius 3 is 3.00 bits per heavy atom. The fourth-order valence-corrected chi connectivity index (χ4v) is 2.67. The van der Waals surface area contributed by atoms with Gasteiger partial charge in [-0.3, -0.25) is 0 Å². The number of aromatic nitrogens is 1. The van der Waals surface area contributed by atoms with Gasteiger partial charge in [0, 0.05) is 18.3 Å². The zero-order chi connectivity index (χ0) is 14.8. The lowest BCUT2D eigenvalue weighted by atomic mass is 10.2. The minimum atomic E-state index is -0.617. The Hall–Kier alpha value is -2.05. The predicted molar refractivity (Wildman–Crippen MR) is 78.9 cm³/mol. The van der Waals surface area contributed by atoms with Crippen LogP contribution in [0.1, 0.15) is 5.69 Å². The van der Waals surface area contributed by atoms with Gasteiger partial charge in [0.05, 0.1) is 25.7 Å². The molecule has 3 rings (SSSR count). The van der Waals surface area contributed by atoms with Crippen molar-refractivity contribution in [1.82, 2.24) is 15.2 Å². The van der Waals surface area contributed by atoms with E-state index in [4.69, 9.17) is 4.74 Å². The van der Waals surface area contributed by atoms with Crippen molar-refractivity contribution in [2.45, 2.75) is 18.8 Å². The number of aliphatic hydroxyl groups is 1. The summed E-state index contributed by atoms with van der Waals surface area (Å²) in [5.74, 6) is 0. The second-order valence-electron chi connectivity index (χ2n) is 5.29. The fourth-order valence-electron chi connectivity index (χ4n) is 2.67. The summed E-state index contributed by atoms with van der Waals surface area (Å²) in [6, 6.07) is 9.81. The van der Waals surface area contributed by atoms with Crippen molar-refractivity contribution in [2.75, 3.05) is 20.2 Å². The van der Waals surface area contributed by atoms with E-state index in [1.165, 1.54) is 0 Å². The third-order valence-corrected chi connectivity index (χ3v) is 3.84. The van der Waals surface area contributed by atoms with E-state index in [9.17, 15) is 9.90 Å². The van der Waals surface area contributed by atoms with Crippen molar-refractivity contribution < 1.29 is 14.6 Å². The van der Waals surface area contributed by atoms with Gasteiger partial charge in [0.2, 0.25) is 0 Å². The molecule has 0 aliphatic carbocycles. The highest BCUT2D eigenvalue weighted by atomic mass is 16.5. The van der Waals surface area contributed by atoms with Crippen molar-refractivity contribution in [3.05, 3.63) is 36.0 Å². The number of benzene rings is 1. The van der Waals surface area contributed by atoms with Crippen LogP contribution in [0, 0.1) is 0 Å². The Bertz CT molecular complexity index is 607. The molecule has 1 aliphatic rings. The van der Waals surface area contributed by atoms with Crippen molar-refractivity contribution in [3.8, 4) is 0 Å². The third kappa shape index (κ3) is 2.86. The molecule has 6 nitrogen and oxygen atoms in total. The molecule has 1 aromatic carbocycles. The number of fused-ring (bicyclic) bond motifs is 1. The SMILES string of the molecule is CO[C@H]1CN(C(=O)NCc2cc3ccccc3[nH]2)C[C@@H]1O. The molecular weight excluding hydrogens is 270 g/mol. The average molecular weight is 289 g/mol. The summed E-state index contributed by atoms with van der Waals surface area (Å²) in [6.07, 6.45) is -0.919. The van der Waals surface area contributed by atoms with Gasteiger partial charge in [-0.1, -0.05) is 18.2 Å². The Kier molecular flexibility index (Phi) is 3.81. The van der Waals surface area contributed by atoms with Gasteiger partial charge in [0.15, 0.2) is 0 Å². The topological polar surface area (TPSA) is 77.6 Å². The molecule has 2 aromatic rings. The Labute approximate surface area is 122 Å². The second-order valence-corrected chi connectivity index (χ2v) is 5.29. The molecular formula is C15H19N3O3. The van der Waals surface area contributed by atoms with Crippen LogP contribution >= 0.6 is 0 Å². The highest BCUT2D eigenvalue weighted by Crippen LogP contribution is 2.15. The maximum atomic E-state index is 12.1. The van der Waals surface area contributed by atoms with E-state index in [0.717, 1.165) is 16.6 Å². The molecule has 2 atom stereocenters. The van der Waals surface area contributed by atoms with Gasteiger partial charge in [-0.05, 0) is 17.5 Å². The van der Waals surface area contributed by atoms with Crippen LogP contribution in [0.2, 0.25) is 0 Å². The molecule has 2 amide bonds. The maximum Gasteiger partial charge on any atom is 0.317 e. The zero-order valence-corrected chi connectivity index (χ0v) is 11.9. The van der Waals surface area contributed by atoms with Crippen LogP contribution in [-0.2, 0) is 11.3 Å². The molecule has 112 valence electrons. The number of nitrogens with zero attached hydrogens (tertiary/aromatic N) is 1. The van der Waals surface area contributed by atoms with Crippen molar-refractivity contribution in [3.63, 3.8) is 0 Å². The molecule has 6 heteroatoms. The van der Waals surface area contributed by atoms with Gasteiger partial charge < -0.3 is 25.0 Å². The molecule has 1 saturated heterocycles. The van der Waals surface area contributed by atoms with Gasteiger partial charge in [-0.2, -0.15) is 0 Å². The number of nitrogens with one attached hydrogen (secondary N) is 2. The summed E-state index contributed by atoms with van der Waals surface area (Å²) in [5, 5.41) is 13.7. The van der Waals surface area contributed by atoms with Crippen LogP contribution in [0.15, 0.2) is 30.3 Å². The molecule has 0 unspecified atom stereocenters. The zero-order valence-electron chi connectivity index (χ0n) is 11.9. The number of β-amino-alcohol motifs (C(OH)–C–C–N with tert-alkyl or cyclic N) is 1. The number of hydrogen-bond acceptors (Lipinski definition) is 3. The van der Waals surface area contributed by atoms with E-state index in [1.54, 1.807) is 12.0 Å². The van der Waals surface area contributed by atoms with Crippen LogP contribution in [0.3, 0.4) is 0 Å². The molecule has 0 radical (unpaired) electrons. The molecule has 1 aliphatic heterocycles. The van der Waals surface area contributed by atoms with Crippen molar-refractivity contribution in [2.24, 2.45) is 0 Å². The van der Waals surface area contributed by atoms with E-state index >= 15 is 0 Å². The first kappa shape index (κ1) is 13.9. The highest BCUT2D eigenvalue weighted by Gasteiger charge is 2.33. The number of ether oxygens (including phenoxy) is 1. The molecule has 0 bridgehead atoms. The summed E-state index contributed by atoms with van der Waals surface area (Å²) >= 11 is 0. The lowest BCUT2D eigenvalue weighted by Crippen LogP contribution is -2.38. The van der Waals surface area contributed by atoms with E-state index in [2.05, 4.69) is 10.3 Å². The van der Waals surface area contributed by atoms with E-state index in [1.807, 2.05) is 30.3 Å². The number of amides is 2. The molecule has 1 aromatic heterocycles. The minimum absolute atomic E-state index is 0.188. The molecule has 21 heavy (non-hydrogen) atoms. The monoisotopic (exact) mass is 289 g/mol. The predicted octanol–water partition coefficient (Wildman–Crippen LogP) is 1.07. The third-order valence-electron chi connectivity index (χ3n) is 3.84. The van der Waals surface area contributed by atoms with Gasteiger partial charge in [-0.15, -0.1) is 0 Å². The Morgan fingerprint density at radius 2 is 2.29 bits per heavy atom. The lowest BCUT2D eigenvalue weighted by Gasteiger charge is -2.16. The lowest BCUT2D eigenvalue weighted by molar-refractivity contribution is 0.0215. The average Bonchev–Trinajstić information content (AvgIpc) is 3.07. The molecule has 0 saturated carbocycles. The first-order valence-electron chi connectivity index (χ1n) is 6.97. The summed E-state index contributed by atoms with van der Waals surface area (Å²) in [5.41, 5.74) is 2.00. The number of carbonyl (C=O) groups is 1. The van der Waals surface area contributed by atoms with Crippen LogP contribution in [0.5, 0.6) is 0 Å². The van der Waals surface area contributed by atoms with Gasteiger partial charge >= 0.3 is 6.03 Å². The summed E-state index contributed by atoms with van der Waals surface area (Å²) in [7, 11) is 1.54. The van der Waals surface area contributed by atoms with Gasteiger partial charge in [0.1, 0.15) is 6.10 Å². The molecule has 2 heterocycles. The smallest absolute Gasteiger partial charge is 0.317 e. The number of rotatable bonds is 3. The minimum Gasteiger partial charge on any atom is -0.388 e. The Morgan fingerprint density at radius 1 is 1.48 bits per heavy atom. The van der Waals surface area contributed by atoms with Gasteiger partial charge in [0.25, 0.3) is 0 Å². The summed E-state index contributed by atoms with van der Waals surface area (Å²) in [4.78, 5) is 16.9. The van der Waals surface area contributed by atoms with Crippen LogP contribution in [-0.4, -0.2) is 53.4 Å². The fraction of sp³-hybridized carbons (Fsp3) is 0.400. The molecule has 3 N–H and O–H groups in total. The first-order chi connectivity index (χ1) is 10.2. The van der Waals surface area contributed by atoms with E-state index in [-0.39, 0.29) is 12.1 Å². The molecule has 0 spiro atoms. The number of aliphatic hydroxyl groups excluding tert-OH is 1. The number of urea groups is 1. The van der Waals surface area contributed by atoms with E-state index < -0.39 is 6.10 Å². The highest BCUT2D eigenvalue weighted by molar-refractivity contribution is 5.80. The standard InChI is InChI=1S/C15H19N3O3/c1-21-14-9-18(8-13(14)19)15(20)16-7-11-6-10-4-2-3-5-12(10)17-11/h2-6,13-14,17,19H,7-9H2,1H3,(H,16,20)/t13-,14-/m0/s1. The number of hydrogen-bond donors (Lipinski definition) is 3. The maximum absolute atomic E-state index is 12.1. The number of methoxy groups -OCH3 is 1. The number of para-hydroxylation sites is 1. The number of likely N-dealkylation sites (tertiary alicyclic amines) is 1. The second kappa shape index (κ2) is 5.75.